The van der Waals surface area contributed by atoms with Crippen molar-refractivity contribution in [3.63, 3.8) is 0 Å². The van der Waals surface area contributed by atoms with Crippen molar-refractivity contribution in [1.82, 2.24) is 0 Å². The lowest BCUT2D eigenvalue weighted by Crippen LogP contribution is -2.10. The summed E-state index contributed by atoms with van der Waals surface area (Å²) in [5.41, 5.74) is 7.61. The fraction of sp³-hybridized carbons (Fsp3) is 0.125. The summed E-state index contributed by atoms with van der Waals surface area (Å²) in [6.45, 7) is 0.638. The molecule has 0 bridgehead atoms. The van der Waals surface area contributed by atoms with Crippen LogP contribution >= 0.6 is 0 Å². The van der Waals surface area contributed by atoms with E-state index in [1.54, 1.807) is 18.2 Å². The summed E-state index contributed by atoms with van der Waals surface area (Å²) < 4.78 is 5.24. The van der Waals surface area contributed by atoms with Crippen LogP contribution < -0.4 is 15.8 Å². The van der Waals surface area contributed by atoms with Crippen molar-refractivity contribution in [2.75, 3.05) is 11.9 Å². The Labute approximate surface area is 123 Å². The minimum Gasteiger partial charge on any atom is -0.479 e. The van der Waals surface area contributed by atoms with Gasteiger partial charge in [-0.2, -0.15) is 5.26 Å². The summed E-state index contributed by atoms with van der Waals surface area (Å²) in [5, 5.41) is 11.7. The average Bonchev–Trinajstić information content (AvgIpc) is 2.52. The molecule has 0 aliphatic rings. The molecule has 5 heteroatoms. The van der Waals surface area contributed by atoms with Gasteiger partial charge in [-0.3, -0.25) is 4.79 Å². The molecule has 0 atom stereocenters. The number of hydrogen-bond acceptors (Lipinski definition) is 4. The van der Waals surface area contributed by atoms with Crippen molar-refractivity contribution in [1.29, 1.82) is 5.26 Å². The lowest BCUT2D eigenvalue weighted by molar-refractivity contribution is 0.100. The molecule has 0 saturated heterocycles. The SMILES string of the molecule is N#CCOc1cccc(NCc2ccc(C(N)=O)cc2)c1. The second-order valence-electron chi connectivity index (χ2n) is 4.39. The Morgan fingerprint density at radius 1 is 1.24 bits per heavy atom. The molecule has 0 saturated carbocycles. The summed E-state index contributed by atoms with van der Waals surface area (Å²) in [7, 11) is 0. The third-order valence-electron chi connectivity index (χ3n) is 2.87. The fourth-order valence-corrected chi connectivity index (χ4v) is 1.80. The van der Waals surface area contributed by atoms with E-state index in [-0.39, 0.29) is 6.61 Å². The molecule has 0 unspecified atom stereocenters. The second-order valence-corrected chi connectivity index (χ2v) is 4.39. The minimum absolute atomic E-state index is 0.0258. The van der Waals surface area contributed by atoms with Crippen LogP contribution in [-0.2, 0) is 6.54 Å². The van der Waals surface area contributed by atoms with E-state index in [4.69, 9.17) is 15.7 Å². The van der Waals surface area contributed by atoms with E-state index in [1.165, 1.54) is 0 Å². The number of carbonyl (C=O) groups excluding carboxylic acids is 1. The van der Waals surface area contributed by atoms with Crippen molar-refractivity contribution in [3.8, 4) is 11.8 Å². The highest BCUT2D eigenvalue weighted by atomic mass is 16.5. The molecule has 2 rings (SSSR count). The van der Waals surface area contributed by atoms with Gasteiger partial charge in [0.25, 0.3) is 0 Å². The molecular formula is C16H15N3O2. The highest BCUT2D eigenvalue weighted by Crippen LogP contribution is 2.18. The zero-order valence-electron chi connectivity index (χ0n) is 11.4. The third-order valence-corrected chi connectivity index (χ3v) is 2.87. The molecule has 0 aliphatic carbocycles. The smallest absolute Gasteiger partial charge is 0.248 e. The molecule has 0 radical (unpaired) electrons. The number of nitrogens with two attached hydrogens (primary N) is 1. The van der Waals surface area contributed by atoms with Crippen LogP contribution in [0.5, 0.6) is 5.75 Å². The molecule has 5 nitrogen and oxygen atoms in total. The molecule has 0 heterocycles. The van der Waals surface area contributed by atoms with Crippen LogP contribution in [0.15, 0.2) is 48.5 Å². The van der Waals surface area contributed by atoms with Crippen molar-refractivity contribution in [2.45, 2.75) is 6.54 Å². The van der Waals surface area contributed by atoms with E-state index in [1.807, 2.05) is 36.4 Å². The number of nitrogens with one attached hydrogen (secondary N) is 1. The van der Waals surface area contributed by atoms with Gasteiger partial charge in [0, 0.05) is 23.9 Å². The van der Waals surface area contributed by atoms with Gasteiger partial charge in [-0.05, 0) is 29.8 Å². The van der Waals surface area contributed by atoms with Crippen molar-refractivity contribution >= 4 is 11.6 Å². The Morgan fingerprint density at radius 2 is 2.00 bits per heavy atom. The van der Waals surface area contributed by atoms with Crippen LogP contribution in [0.4, 0.5) is 5.69 Å². The number of rotatable bonds is 6. The first-order valence-corrected chi connectivity index (χ1v) is 6.41. The minimum atomic E-state index is -0.433. The highest BCUT2D eigenvalue weighted by Gasteiger charge is 2.00. The molecule has 0 fully saturated rings. The number of benzene rings is 2. The van der Waals surface area contributed by atoms with Gasteiger partial charge in [-0.1, -0.05) is 18.2 Å². The molecule has 2 aromatic rings. The Balaban J connectivity index is 1.96. The predicted molar refractivity (Wildman–Crippen MR) is 79.8 cm³/mol. The summed E-state index contributed by atoms with van der Waals surface area (Å²) in [5.74, 6) is 0.211. The van der Waals surface area contributed by atoms with E-state index in [0.29, 0.717) is 17.9 Å². The predicted octanol–water partition coefficient (Wildman–Crippen LogP) is 2.30. The number of nitriles is 1. The van der Waals surface area contributed by atoms with Crippen LogP contribution in [0.2, 0.25) is 0 Å². The first-order valence-electron chi connectivity index (χ1n) is 6.41. The summed E-state index contributed by atoms with van der Waals surface area (Å²) in [6, 6.07) is 16.4. The lowest BCUT2D eigenvalue weighted by atomic mass is 10.1. The van der Waals surface area contributed by atoms with Crippen LogP contribution in [0.25, 0.3) is 0 Å². The van der Waals surface area contributed by atoms with E-state index >= 15 is 0 Å². The molecule has 3 N–H and O–H groups in total. The summed E-state index contributed by atoms with van der Waals surface area (Å²) in [4.78, 5) is 11.0. The van der Waals surface area contributed by atoms with Gasteiger partial charge < -0.3 is 15.8 Å². The number of carbonyl (C=O) groups is 1. The van der Waals surface area contributed by atoms with Gasteiger partial charge in [0.05, 0.1) is 0 Å². The number of primary amides is 1. The highest BCUT2D eigenvalue weighted by molar-refractivity contribution is 5.92. The number of anilines is 1. The monoisotopic (exact) mass is 281 g/mol. The van der Waals surface area contributed by atoms with Gasteiger partial charge in [0.2, 0.25) is 5.91 Å². The average molecular weight is 281 g/mol. The number of ether oxygens (including phenoxy) is 1. The van der Waals surface area contributed by atoms with E-state index in [9.17, 15) is 4.79 Å². The fourth-order valence-electron chi connectivity index (χ4n) is 1.80. The third kappa shape index (κ3) is 4.25. The van der Waals surface area contributed by atoms with Gasteiger partial charge in [-0.15, -0.1) is 0 Å². The number of amides is 1. The molecule has 21 heavy (non-hydrogen) atoms. The van der Waals surface area contributed by atoms with Gasteiger partial charge in [-0.25, -0.2) is 0 Å². The Bertz CT molecular complexity index is 660. The van der Waals surface area contributed by atoms with Crippen LogP contribution in [0.1, 0.15) is 15.9 Å². The molecule has 2 aromatic carbocycles. The zero-order chi connectivity index (χ0) is 15.1. The Hall–Kier alpha value is -3.00. The number of nitrogens with zero attached hydrogens (tertiary/aromatic N) is 1. The molecule has 0 aliphatic heterocycles. The quantitative estimate of drug-likeness (QED) is 0.850. The number of hydrogen-bond donors (Lipinski definition) is 2. The maximum Gasteiger partial charge on any atom is 0.248 e. The second kappa shape index (κ2) is 6.96. The van der Waals surface area contributed by atoms with Crippen LogP contribution in [0.3, 0.4) is 0 Å². The molecule has 106 valence electrons. The molecule has 0 aromatic heterocycles. The normalized spacial score (nSPS) is 9.67. The van der Waals surface area contributed by atoms with Gasteiger partial charge in [0.1, 0.15) is 11.8 Å². The van der Waals surface area contributed by atoms with Crippen molar-refractivity contribution < 1.29 is 9.53 Å². The van der Waals surface area contributed by atoms with Crippen LogP contribution in [-0.4, -0.2) is 12.5 Å². The van der Waals surface area contributed by atoms with Gasteiger partial charge in [0.15, 0.2) is 6.61 Å². The summed E-state index contributed by atoms with van der Waals surface area (Å²) in [6.07, 6.45) is 0. The van der Waals surface area contributed by atoms with Crippen molar-refractivity contribution in [3.05, 3.63) is 59.7 Å². The topological polar surface area (TPSA) is 88.1 Å². The Morgan fingerprint density at radius 3 is 2.67 bits per heavy atom. The summed E-state index contributed by atoms with van der Waals surface area (Å²) >= 11 is 0. The van der Waals surface area contributed by atoms with Gasteiger partial charge >= 0.3 is 0 Å². The van der Waals surface area contributed by atoms with Crippen molar-refractivity contribution in [2.24, 2.45) is 5.73 Å². The largest absolute Gasteiger partial charge is 0.479 e. The molecule has 0 spiro atoms. The van der Waals surface area contributed by atoms with Crippen LogP contribution in [0, 0.1) is 11.3 Å². The maximum absolute atomic E-state index is 11.0. The lowest BCUT2D eigenvalue weighted by Gasteiger charge is -2.09. The van der Waals surface area contributed by atoms with E-state index < -0.39 is 5.91 Å². The molecular weight excluding hydrogens is 266 g/mol. The maximum atomic E-state index is 11.0. The standard InChI is InChI=1S/C16H15N3O2/c17-8-9-21-15-3-1-2-14(10-15)19-11-12-4-6-13(7-5-12)16(18)20/h1-7,10,19H,9,11H2,(H2,18,20). The van der Waals surface area contributed by atoms with E-state index in [2.05, 4.69) is 5.32 Å². The Kier molecular flexibility index (Phi) is 4.78. The zero-order valence-corrected chi connectivity index (χ0v) is 11.4. The van der Waals surface area contributed by atoms with E-state index in [0.717, 1.165) is 11.3 Å². The first kappa shape index (κ1) is 14.4. The first-order chi connectivity index (χ1) is 10.2. The molecule has 1 amide bonds.